The monoisotopic (exact) mass is 450 g/mol. The highest BCUT2D eigenvalue weighted by molar-refractivity contribution is 9.10. The van der Waals surface area contributed by atoms with Gasteiger partial charge in [0.25, 0.3) is 0 Å². The van der Waals surface area contributed by atoms with Gasteiger partial charge < -0.3 is 0 Å². The number of aliphatic imine (C=N–C) groups is 1. The molecule has 2 rings (SSSR count). The molecule has 2 aromatic carbocycles. The summed E-state index contributed by atoms with van der Waals surface area (Å²) in [4.78, 5) is 18.7. The van der Waals surface area contributed by atoms with Crippen LogP contribution in [-0.4, -0.2) is 12.2 Å². The third-order valence-corrected chi connectivity index (χ3v) is 4.57. The zero-order valence-corrected chi connectivity index (χ0v) is 16.8. The van der Waals surface area contributed by atoms with Crippen LogP contribution in [0, 0.1) is 0 Å². The fourth-order valence-corrected chi connectivity index (χ4v) is 2.70. The van der Waals surface area contributed by atoms with Crippen LogP contribution in [-0.2, 0) is 4.79 Å². The van der Waals surface area contributed by atoms with Gasteiger partial charge in [-0.15, -0.1) is 0 Å². The van der Waals surface area contributed by atoms with Crippen LogP contribution in [0.15, 0.2) is 62.5 Å². The molecule has 0 saturated carbocycles. The van der Waals surface area contributed by atoms with Crippen molar-refractivity contribution >= 4 is 55.5 Å². The summed E-state index contributed by atoms with van der Waals surface area (Å²) in [5.74, 6) is 0.0617. The quantitative estimate of drug-likeness (QED) is 0.269. The Bertz CT molecular complexity index is 682. The van der Waals surface area contributed by atoms with E-state index in [0.717, 1.165) is 39.6 Å². The standard InChI is InChI=1S/C19H20Br2N2O/c1-2-3-4-5-19(24)23(18-12-8-16(21)9-13-18)14-22-17-10-6-15(20)7-11-17/h6-14H,2-5H2,1H3. The van der Waals surface area contributed by atoms with Gasteiger partial charge in [0, 0.05) is 21.1 Å². The molecule has 3 nitrogen and oxygen atoms in total. The van der Waals surface area contributed by atoms with E-state index < -0.39 is 0 Å². The first kappa shape index (κ1) is 18.9. The number of amides is 1. The van der Waals surface area contributed by atoms with Crippen molar-refractivity contribution in [2.45, 2.75) is 32.6 Å². The highest BCUT2D eigenvalue weighted by Gasteiger charge is 2.13. The molecule has 1 amide bonds. The lowest BCUT2D eigenvalue weighted by atomic mass is 10.2. The SMILES string of the molecule is CCCCCC(=O)N(C=Nc1ccc(Br)cc1)c1ccc(Br)cc1. The number of benzene rings is 2. The summed E-state index contributed by atoms with van der Waals surface area (Å²) in [5.41, 5.74) is 1.63. The number of rotatable bonds is 7. The van der Waals surface area contributed by atoms with E-state index in [-0.39, 0.29) is 5.91 Å². The van der Waals surface area contributed by atoms with Gasteiger partial charge in [-0.3, -0.25) is 9.69 Å². The molecular weight excluding hydrogens is 432 g/mol. The fourth-order valence-electron chi connectivity index (χ4n) is 2.17. The number of hydrogen-bond acceptors (Lipinski definition) is 2. The van der Waals surface area contributed by atoms with E-state index in [1.807, 2.05) is 48.5 Å². The third-order valence-electron chi connectivity index (χ3n) is 3.52. The molecule has 0 fully saturated rings. The Morgan fingerprint density at radius 1 is 1.00 bits per heavy atom. The van der Waals surface area contributed by atoms with Gasteiger partial charge in [-0.1, -0.05) is 51.6 Å². The predicted octanol–water partition coefficient (Wildman–Crippen LogP) is 6.48. The third kappa shape index (κ3) is 5.87. The maximum atomic E-state index is 12.6. The van der Waals surface area contributed by atoms with E-state index in [1.165, 1.54) is 0 Å². The molecule has 0 radical (unpaired) electrons. The summed E-state index contributed by atoms with van der Waals surface area (Å²) < 4.78 is 1.98. The molecule has 0 N–H and O–H groups in total. The van der Waals surface area contributed by atoms with Gasteiger partial charge >= 0.3 is 0 Å². The lowest BCUT2D eigenvalue weighted by Gasteiger charge is -2.18. The molecule has 0 saturated heterocycles. The van der Waals surface area contributed by atoms with E-state index in [1.54, 1.807) is 11.2 Å². The number of halogens is 2. The summed E-state index contributed by atoms with van der Waals surface area (Å²) in [6, 6.07) is 15.3. The van der Waals surface area contributed by atoms with Crippen LogP contribution in [0.1, 0.15) is 32.6 Å². The minimum Gasteiger partial charge on any atom is -0.274 e. The van der Waals surface area contributed by atoms with Gasteiger partial charge in [0.05, 0.1) is 5.69 Å². The van der Waals surface area contributed by atoms with Crippen LogP contribution in [0.3, 0.4) is 0 Å². The molecule has 0 unspecified atom stereocenters. The number of carbonyl (C=O) groups is 1. The second kappa shape index (κ2) is 9.74. The van der Waals surface area contributed by atoms with Crippen molar-refractivity contribution in [2.75, 3.05) is 4.90 Å². The number of unbranched alkanes of at least 4 members (excludes halogenated alkanes) is 2. The highest BCUT2D eigenvalue weighted by Crippen LogP contribution is 2.21. The zero-order valence-electron chi connectivity index (χ0n) is 13.6. The van der Waals surface area contributed by atoms with Crippen molar-refractivity contribution in [3.8, 4) is 0 Å². The number of hydrogen-bond donors (Lipinski definition) is 0. The molecule has 0 atom stereocenters. The van der Waals surface area contributed by atoms with Crippen molar-refractivity contribution in [1.82, 2.24) is 0 Å². The molecule has 24 heavy (non-hydrogen) atoms. The second-order valence-corrected chi connectivity index (χ2v) is 7.25. The van der Waals surface area contributed by atoms with Gasteiger partial charge in [-0.25, -0.2) is 4.99 Å². The molecule has 2 aromatic rings. The van der Waals surface area contributed by atoms with E-state index >= 15 is 0 Å². The minimum absolute atomic E-state index is 0.0617. The van der Waals surface area contributed by atoms with Gasteiger partial charge in [0.15, 0.2) is 0 Å². The number of nitrogens with zero attached hydrogens (tertiary/aromatic N) is 2. The van der Waals surface area contributed by atoms with Crippen molar-refractivity contribution < 1.29 is 4.79 Å². The largest absolute Gasteiger partial charge is 0.274 e. The van der Waals surface area contributed by atoms with Crippen LogP contribution in [0.4, 0.5) is 11.4 Å². The Morgan fingerprint density at radius 3 is 2.17 bits per heavy atom. The van der Waals surface area contributed by atoms with E-state index in [9.17, 15) is 4.79 Å². The van der Waals surface area contributed by atoms with Crippen LogP contribution < -0.4 is 4.90 Å². The lowest BCUT2D eigenvalue weighted by Crippen LogP contribution is -2.29. The van der Waals surface area contributed by atoms with Gasteiger partial charge in [-0.05, 0) is 55.0 Å². The average molecular weight is 452 g/mol. The van der Waals surface area contributed by atoms with E-state index in [0.29, 0.717) is 6.42 Å². The van der Waals surface area contributed by atoms with Crippen LogP contribution >= 0.6 is 31.9 Å². The lowest BCUT2D eigenvalue weighted by molar-refractivity contribution is -0.117. The number of carbonyl (C=O) groups excluding carboxylic acids is 1. The first-order chi connectivity index (χ1) is 11.6. The Kier molecular flexibility index (Phi) is 7.66. The zero-order chi connectivity index (χ0) is 17.4. The fraction of sp³-hybridized carbons (Fsp3) is 0.263. The first-order valence-electron chi connectivity index (χ1n) is 7.97. The predicted molar refractivity (Wildman–Crippen MR) is 108 cm³/mol. The molecule has 0 spiro atoms. The summed E-state index contributed by atoms with van der Waals surface area (Å²) in [7, 11) is 0. The Balaban J connectivity index is 2.19. The maximum absolute atomic E-state index is 12.6. The summed E-state index contributed by atoms with van der Waals surface area (Å²) in [6.45, 7) is 2.13. The molecule has 5 heteroatoms. The summed E-state index contributed by atoms with van der Waals surface area (Å²) >= 11 is 6.83. The molecule has 0 aliphatic carbocycles. The minimum atomic E-state index is 0.0617. The first-order valence-corrected chi connectivity index (χ1v) is 9.56. The Hall–Kier alpha value is -1.46. The van der Waals surface area contributed by atoms with Crippen LogP contribution in [0.25, 0.3) is 0 Å². The molecule has 0 aliphatic rings. The van der Waals surface area contributed by atoms with Crippen LogP contribution in [0.5, 0.6) is 0 Å². The van der Waals surface area contributed by atoms with E-state index in [4.69, 9.17) is 0 Å². The molecule has 0 aliphatic heterocycles. The Labute approximate surface area is 160 Å². The maximum Gasteiger partial charge on any atom is 0.232 e. The van der Waals surface area contributed by atoms with Crippen molar-refractivity contribution in [3.63, 3.8) is 0 Å². The van der Waals surface area contributed by atoms with Crippen molar-refractivity contribution in [2.24, 2.45) is 4.99 Å². The van der Waals surface area contributed by atoms with Crippen molar-refractivity contribution in [3.05, 3.63) is 57.5 Å². The summed E-state index contributed by atoms with van der Waals surface area (Å²) in [5, 5.41) is 0. The van der Waals surface area contributed by atoms with Gasteiger partial charge in [0.2, 0.25) is 5.91 Å². The second-order valence-electron chi connectivity index (χ2n) is 5.42. The highest BCUT2D eigenvalue weighted by atomic mass is 79.9. The Morgan fingerprint density at radius 2 is 1.58 bits per heavy atom. The van der Waals surface area contributed by atoms with Crippen LogP contribution in [0.2, 0.25) is 0 Å². The molecule has 126 valence electrons. The van der Waals surface area contributed by atoms with E-state index in [2.05, 4.69) is 43.8 Å². The molecule has 0 aromatic heterocycles. The normalized spacial score (nSPS) is 11.0. The average Bonchev–Trinajstić information content (AvgIpc) is 2.58. The smallest absolute Gasteiger partial charge is 0.232 e. The van der Waals surface area contributed by atoms with Gasteiger partial charge in [-0.2, -0.15) is 0 Å². The topological polar surface area (TPSA) is 32.7 Å². The molecule has 0 heterocycles. The summed E-state index contributed by atoms with van der Waals surface area (Å²) in [6.07, 6.45) is 5.19. The van der Waals surface area contributed by atoms with Crippen molar-refractivity contribution in [1.29, 1.82) is 0 Å². The molecule has 0 bridgehead atoms. The molecular formula is C19H20Br2N2O. The number of anilines is 1. The van der Waals surface area contributed by atoms with Gasteiger partial charge in [0.1, 0.15) is 6.34 Å².